The summed E-state index contributed by atoms with van der Waals surface area (Å²) in [6.07, 6.45) is 4.18. The van der Waals surface area contributed by atoms with Gasteiger partial charge in [-0.3, -0.25) is 0 Å². The van der Waals surface area contributed by atoms with Crippen LogP contribution in [0.4, 0.5) is 4.79 Å². The molecule has 1 aliphatic heterocycles. The highest BCUT2D eigenvalue weighted by Crippen LogP contribution is 2.12. The number of furan rings is 1. The van der Waals surface area contributed by atoms with E-state index >= 15 is 0 Å². The highest BCUT2D eigenvalue weighted by molar-refractivity contribution is 5.76. The van der Waals surface area contributed by atoms with Crippen LogP contribution in [0.1, 0.15) is 19.3 Å². The van der Waals surface area contributed by atoms with Gasteiger partial charge in [0, 0.05) is 18.5 Å². The van der Waals surface area contributed by atoms with Gasteiger partial charge in [0.15, 0.2) is 0 Å². The summed E-state index contributed by atoms with van der Waals surface area (Å²) in [4.78, 5) is 11.8. The lowest BCUT2D eigenvalue weighted by molar-refractivity contribution is 0.136. The first-order chi connectivity index (χ1) is 8.77. The van der Waals surface area contributed by atoms with Crippen LogP contribution in [0.15, 0.2) is 41.0 Å². The Morgan fingerprint density at radius 2 is 1.83 bits per heavy atom. The van der Waals surface area contributed by atoms with Gasteiger partial charge in [-0.25, -0.2) is 4.79 Å². The van der Waals surface area contributed by atoms with Crippen LogP contribution >= 0.6 is 0 Å². The summed E-state index contributed by atoms with van der Waals surface area (Å²) in [5.41, 5.74) is 0.956. The van der Waals surface area contributed by atoms with Crippen molar-refractivity contribution in [2.45, 2.75) is 19.3 Å². The van der Waals surface area contributed by atoms with E-state index < -0.39 is 6.09 Å². The van der Waals surface area contributed by atoms with Crippen LogP contribution in [0.3, 0.4) is 0 Å². The number of likely N-dealkylation sites (tertiary alicyclic amines) is 1. The van der Waals surface area contributed by atoms with Crippen molar-refractivity contribution in [1.82, 2.24) is 4.90 Å². The first-order valence-corrected chi connectivity index (χ1v) is 6.17. The van der Waals surface area contributed by atoms with E-state index in [0.29, 0.717) is 0 Å². The van der Waals surface area contributed by atoms with Crippen molar-refractivity contribution in [3.63, 3.8) is 0 Å². The number of para-hydroxylation sites is 1. The average Bonchev–Trinajstić information content (AvgIpc) is 2.89. The molecule has 18 heavy (non-hydrogen) atoms. The molecule has 1 amide bonds. The van der Waals surface area contributed by atoms with Crippen molar-refractivity contribution >= 4 is 17.1 Å². The van der Waals surface area contributed by atoms with Crippen LogP contribution in [0, 0.1) is 0 Å². The Hall–Kier alpha value is -1.97. The number of carboxylic acid groups (broad SMARTS) is 1. The summed E-state index contributed by atoms with van der Waals surface area (Å²) in [5.74, 6) is 0. The molecule has 3 rings (SSSR count). The van der Waals surface area contributed by atoms with Gasteiger partial charge in [-0.05, 0) is 31.4 Å². The Morgan fingerprint density at radius 1 is 1.11 bits per heavy atom. The quantitative estimate of drug-likeness (QED) is 0.774. The molecular weight excluding hydrogens is 230 g/mol. The molecule has 0 spiro atoms. The van der Waals surface area contributed by atoms with Crippen molar-refractivity contribution in [3.8, 4) is 0 Å². The van der Waals surface area contributed by atoms with Gasteiger partial charge in [-0.2, -0.15) is 0 Å². The maximum absolute atomic E-state index is 10.3. The summed E-state index contributed by atoms with van der Waals surface area (Å²) < 4.78 is 5.12. The molecule has 1 fully saturated rings. The van der Waals surface area contributed by atoms with Gasteiger partial charge in [0.2, 0.25) is 0 Å². The largest absolute Gasteiger partial charge is 0.465 e. The SMILES string of the molecule is O=C(O)N1CCCCC1.c1ccc2occc2c1. The molecule has 0 radical (unpaired) electrons. The zero-order valence-electron chi connectivity index (χ0n) is 10.2. The molecule has 0 atom stereocenters. The van der Waals surface area contributed by atoms with E-state index in [0.717, 1.165) is 36.9 Å². The molecule has 2 heterocycles. The second-order valence-corrected chi connectivity index (χ2v) is 4.29. The molecule has 1 aromatic carbocycles. The standard InChI is InChI=1S/C8H6O.C6H11NO2/c1-2-4-8-7(3-1)5-6-9-8;8-6(9)7-4-2-1-3-5-7/h1-6H;1-5H2,(H,8,9). The molecule has 96 valence electrons. The first-order valence-electron chi connectivity index (χ1n) is 6.17. The summed E-state index contributed by atoms with van der Waals surface area (Å²) in [6, 6.07) is 9.90. The van der Waals surface area contributed by atoms with Gasteiger partial charge in [0.25, 0.3) is 0 Å². The number of amides is 1. The lowest BCUT2D eigenvalue weighted by atomic mass is 10.1. The monoisotopic (exact) mass is 247 g/mol. The van der Waals surface area contributed by atoms with E-state index in [1.807, 2.05) is 30.3 Å². The molecule has 0 aliphatic carbocycles. The summed E-state index contributed by atoms with van der Waals surface area (Å²) in [7, 11) is 0. The zero-order valence-corrected chi connectivity index (χ0v) is 10.2. The number of nitrogens with zero attached hydrogens (tertiary/aromatic N) is 1. The van der Waals surface area contributed by atoms with E-state index in [2.05, 4.69) is 0 Å². The van der Waals surface area contributed by atoms with Crippen LogP contribution in [-0.4, -0.2) is 29.2 Å². The van der Waals surface area contributed by atoms with Gasteiger partial charge in [0.1, 0.15) is 5.58 Å². The Kier molecular flexibility index (Phi) is 4.23. The molecule has 0 bridgehead atoms. The molecule has 1 aliphatic rings. The van der Waals surface area contributed by atoms with E-state index in [1.165, 1.54) is 11.3 Å². The van der Waals surface area contributed by atoms with Gasteiger partial charge < -0.3 is 14.4 Å². The van der Waals surface area contributed by atoms with Crippen LogP contribution in [0.5, 0.6) is 0 Å². The third kappa shape index (κ3) is 3.26. The highest BCUT2D eigenvalue weighted by Gasteiger charge is 2.13. The van der Waals surface area contributed by atoms with Gasteiger partial charge in [-0.1, -0.05) is 18.2 Å². The van der Waals surface area contributed by atoms with Crippen LogP contribution < -0.4 is 0 Å². The van der Waals surface area contributed by atoms with Crippen molar-refractivity contribution in [3.05, 3.63) is 36.6 Å². The number of benzene rings is 1. The molecule has 0 unspecified atom stereocenters. The first kappa shape index (κ1) is 12.5. The fraction of sp³-hybridized carbons (Fsp3) is 0.357. The molecule has 4 heteroatoms. The van der Waals surface area contributed by atoms with E-state index in [9.17, 15) is 4.79 Å². The Morgan fingerprint density at radius 3 is 2.44 bits per heavy atom. The molecular formula is C14H17NO3. The minimum atomic E-state index is -0.769. The number of piperidine rings is 1. The molecule has 4 nitrogen and oxygen atoms in total. The lowest BCUT2D eigenvalue weighted by Crippen LogP contribution is -2.34. The Labute approximate surface area is 106 Å². The van der Waals surface area contributed by atoms with Crippen molar-refractivity contribution in [2.75, 3.05) is 13.1 Å². The molecule has 1 N–H and O–H groups in total. The van der Waals surface area contributed by atoms with E-state index in [1.54, 1.807) is 6.26 Å². The van der Waals surface area contributed by atoms with Crippen molar-refractivity contribution in [1.29, 1.82) is 0 Å². The van der Waals surface area contributed by atoms with E-state index in [4.69, 9.17) is 9.52 Å². The van der Waals surface area contributed by atoms with Gasteiger partial charge >= 0.3 is 6.09 Å². The number of fused-ring (bicyclic) bond motifs is 1. The van der Waals surface area contributed by atoms with E-state index in [-0.39, 0.29) is 0 Å². The molecule has 1 saturated heterocycles. The maximum atomic E-state index is 10.3. The third-order valence-electron chi connectivity index (χ3n) is 2.99. The topological polar surface area (TPSA) is 53.7 Å². The maximum Gasteiger partial charge on any atom is 0.407 e. The minimum Gasteiger partial charge on any atom is -0.465 e. The number of carbonyl (C=O) groups is 1. The average molecular weight is 247 g/mol. The fourth-order valence-electron chi connectivity index (χ4n) is 1.99. The molecule has 0 saturated carbocycles. The van der Waals surface area contributed by atoms with Crippen LogP contribution in [0.25, 0.3) is 11.0 Å². The molecule has 2 aromatic rings. The number of rotatable bonds is 0. The molecule has 1 aromatic heterocycles. The smallest absolute Gasteiger partial charge is 0.407 e. The Balaban J connectivity index is 0.000000134. The van der Waals surface area contributed by atoms with Crippen LogP contribution in [-0.2, 0) is 0 Å². The van der Waals surface area contributed by atoms with Crippen molar-refractivity contribution in [2.24, 2.45) is 0 Å². The normalized spacial score (nSPS) is 15.0. The lowest BCUT2D eigenvalue weighted by Gasteiger charge is -2.22. The van der Waals surface area contributed by atoms with Gasteiger partial charge in [0.05, 0.1) is 6.26 Å². The summed E-state index contributed by atoms with van der Waals surface area (Å²) >= 11 is 0. The summed E-state index contributed by atoms with van der Waals surface area (Å²) in [6.45, 7) is 1.46. The highest BCUT2D eigenvalue weighted by atomic mass is 16.4. The predicted molar refractivity (Wildman–Crippen MR) is 69.7 cm³/mol. The predicted octanol–water partition coefficient (Wildman–Crippen LogP) is 3.58. The number of hydrogen-bond acceptors (Lipinski definition) is 2. The van der Waals surface area contributed by atoms with Crippen molar-refractivity contribution < 1.29 is 14.3 Å². The van der Waals surface area contributed by atoms with Gasteiger partial charge in [-0.15, -0.1) is 0 Å². The fourth-order valence-corrected chi connectivity index (χ4v) is 1.99. The third-order valence-corrected chi connectivity index (χ3v) is 2.99. The summed E-state index contributed by atoms with van der Waals surface area (Å²) in [5, 5.41) is 9.63. The second kappa shape index (κ2) is 6.10. The zero-order chi connectivity index (χ0) is 12.8. The van der Waals surface area contributed by atoms with Crippen LogP contribution in [0.2, 0.25) is 0 Å². The minimum absolute atomic E-state index is 0.731. The second-order valence-electron chi connectivity index (χ2n) is 4.29. The Bertz CT molecular complexity index is 470. The number of hydrogen-bond donors (Lipinski definition) is 1.